The van der Waals surface area contributed by atoms with Crippen LogP contribution in [0.15, 0.2) is 0 Å². The van der Waals surface area contributed by atoms with Crippen LogP contribution in [0.25, 0.3) is 0 Å². The molecule has 0 aliphatic carbocycles. The van der Waals surface area contributed by atoms with E-state index >= 15 is 0 Å². The number of carbonyl (C=O) groups excluding carboxylic acids is 1. The maximum Gasteiger partial charge on any atom is 0.407 e. The molecule has 0 bridgehead atoms. The van der Waals surface area contributed by atoms with Gasteiger partial charge >= 0.3 is 6.09 Å². The molecule has 1 fully saturated rings. The third-order valence-electron chi connectivity index (χ3n) is 2.72. The number of alkyl carbamates (subject to hydrolysis) is 1. The Morgan fingerprint density at radius 2 is 2.20 bits per heavy atom. The number of carbonyl (C=O) groups is 1. The SMILES string of the molecule is CCCCOC(=O)NCC1CCNCC1. The van der Waals surface area contributed by atoms with Crippen molar-refractivity contribution in [2.24, 2.45) is 5.92 Å². The first-order valence-electron chi connectivity index (χ1n) is 5.94. The van der Waals surface area contributed by atoms with Crippen molar-refractivity contribution in [2.75, 3.05) is 26.2 Å². The van der Waals surface area contributed by atoms with Crippen LogP contribution in [-0.2, 0) is 4.74 Å². The van der Waals surface area contributed by atoms with Crippen molar-refractivity contribution in [1.29, 1.82) is 0 Å². The average molecular weight is 214 g/mol. The highest BCUT2D eigenvalue weighted by Gasteiger charge is 2.13. The third kappa shape index (κ3) is 5.62. The van der Waals surface area contributed by atoms with E-state index in [0.717, 1.165) is 45.3 Å². The summed E-state index contributed by atoms with van der Waals surface area (Å²) < 4.78 is 5.01. The topological polar surface area (TPSA) is 50.4 Å². The second-order valence-electron chi connectivity index (χ2n) is 4.06. The number of hydrogen-bond donors (Lipinski definition) is 2. The Morgan fingerprint density at radius 3 is 2.87 bits per heavy atom. The van der Waals surface area contributed by atoms with Gasteiger partial charge in [-0.05, 0) is 38.3 Å². The molecule has 1 amide bonds. The van der Waals surface area contributed by atoms with Crippen molar-refractivity contribution in [1.82, 2.24) is 10.6 Å². The fraction of sp³-hybridized carbons (Fsp3) is 0.909. The molecule has 2 N–H and O–H groups in total. The number of ether oxygens (including phenoxy) is 1. The highest BCUT2D eigenvalue weighted by atomic mass is 16.5. The lowest BCUT2D eigenvalue weighted by Gasteiger charge is -2.22. The zero-order valence-corrected chi connectivity index (χ0v) is 9.55. The maximum atomic E-state index is 11.2. The predicted octanol–water partition coefficient (Wildman–Crippen LogP) is 1.51. The first-order valence-corrected chi connectivity index (χ1v) is 5.94. The molecule has 0 spiro atoms. The van der Waals surface area contributed by atoms with Gasteiger partial charge in [-0.25, -0.2) is 4.79 Å². The Labute approximate surface area is 91.8 Å². The Hall–Kier alpha value is -0.770. The van der Waals surface area contributed by atoms with E-state index in [1.54, 1.807) is 0 Å². The van der Waals surface area contributed by atoms with Crippen LogP contribution in [0.2, 0.25) is 0 Å². The summed E-state index contributed by atoms with van der Waals surface area (Å²) in [5, 5.41) is 6.12. The van der Waals surface area contributed by atoms with Crippen LogP contribution in [0, 0.1) is 5.92 Å². The molecule has 88 valence electrons. The highest BCUT2D eigenvalue weighted by Crippen LogP contribution is 2.09. The highest BCUT2D eigenvalue weighted by molar-refractivity contribution is 5.67. The molecule has 15 heavy (non-hydrogen) atoms. The second-order valence-corrected chi connectivity index (χ2v) is 4.06. The lowest BCUT2D eigenvalue weighted by molar-refractivity contribution is 0.142. The summed E-state index contributed by atoms with van der Waals surface area (Å²) in [7, 11) is 0. The molecule has 1 saturated heterocycles. The van der Waals surface area contributed by atoms with Crippen LogP contribution in [0.3, 0.4) is 0 Å². The van der Waals surface area contributed by atoms with Gasteiger partial charge in [0.15, 0.2) is 0 Å². The molecule has 0 aromatic rings. The zero-order valence-electron chi connectivity index (χ0n) is 9.55. The molecule has 4 heteroatoms. The van der Waals surface area contributed by atoms with Gasteiger partial charge in [-0.2, -0.15) is 0 Å². The number of hydrogen-bond acceptors (Lipinski definition) is 3. The van der Waals surface area contributed by atoms with Crippen molar-refractivity contribution in [2.45, 2.75) is 32.6 Å². The van der Waals surface area contributed by atoms with Crippen molar-refractivity contribution in [3.63, 3.8) is 0 Å². The average Bonchev–Trinajstić information content (AvgIpc) is 2.28. The molecule has 0 saturated carbocycles. The van der Waals surface area contributed by atoms with E-state index in [1.165, 1.54) is 0 Å². The van der Waals surface area contributed by atoms with E-state index in [9.17, 15) is 4.79 Å². The molecule has 1 heterocycles. The molecular weight excluding hydrogens is 192 g/mol. The normalized spacial score (nSPS) is 17.4. The zero-order chi connectivity index (χ0) is 10.9. The van der Waals surface area contributed by atoms with Gasteiger partial charge in [-0.15, -0.1) is 0 Å². The third-order valence-corrected chi connectivity index (χ3v) is 2.72. The molecule has 0 aromatic carbocycles. The van der Waals surface area contributed by atoms with Crippen LogP contribution < -0.4 is 10.6 Å². The second kappa shape index (κ2) is 7.51. The van der Waals surface area contributed by atoms with Gasteiger partial charge in [-0.1, -0.05) is 13.3 Å². The van der Waals surface area contributed by atoms with Gasteiger partial charge in [0, 0.05) is 6.54 Å². The Bertz CT molecular complexity index is 179. The number of piperidine rings is 1. The van der Waals surface area contributed by atoms with E-state index in [1.807, 2.05) is 0 Å². The molecule has 0 aromatic heterocycles. The summed E-state index contributed by atoms with van der Waals surface area (Å²) in [6, 6.07) is 0. The molecular formula is C11H22N2O2. The van der Waals surface area contributed by atoms with Crippen molar-refractivity contribution in [3.8, 4) is 0 Å². The van der Waals surface area contributed by atoms with E-state index < -0.39 is 0 Å². The molecule has 4 nitrogen and oxygen atoms in total. The van der Waals surface area contributed by atoms with E-state index in [2.05, 4.69) is 17.6 Å². The quantitative estimate of drug-likeness (QED) is 0.682. The summed E-state index contributed by atoms with van der Waals surface area (Å²) in [6.07, 6.45) is 4.04. The summed E-state index contributed by atoms with van der Waals surface area (Å²) in [5.41, 5.74) is 0. The lowest BCUT2D eigenvalue weighted by atomic mass is 9.98. The molecule has 0 radical (unpaired) electrons. The molecule has 1 rings (SSSR count). The van der Waals surface area contributed by atoms with E-state index in [-0.39, 0.29) is 6.09 Å². The van der Waals surface area contributed by atoms with Crippen LogP contribution in [-0.4, -0.2) is 32.3 Å². The lowest BCUT2D eigenvalue weighted by Crippen LogP contribution is -2.36. The minimum absolute atomic E-state index is 0.262. The first kappa shape index (κ1) is 12.3. The van der Waals surface area contributed by atoms with E-state index in [0.29, 0.717) is 12.5 Å². The molecule has 1 aliphatic heterocycles. The fourth-order valence-electron chi connectivity index (χ4n) is 1.67. The smallest absolute Gasteiger partial charge is 0.407 e. The number of rotatable bonds is 5. The maximum absolute atomic E-state index is 11.2. The monoisotopic (exact) mass is 214 g/mol. The van der Waals surface area contributed by atoms with Gasteiger partial charge < -0.3 is 15.4 Å². The number of nitrogens with one attached hydrogen (secondary N) is 2. The fourth-order valence-corrected chi connectivity index (χ4v) is 1.67. The number of unbranched alkanes of at least 4 members (excludes halogenated alkanes) is 1. The first-order chi connectivity index (χ1) is 7.33. The summed E-state index contributed by atoms with van der Waals surface area (Å²) in [4.78, 5) is 11.2. The van der Waals surface area contributed by atoms with Crippen molar-refractivity contribution >= 4 is 6.09 Å². The minimum Gasteiger partial charge on any atom is -0.450 e. The van der Waals surface area contributed by atoms with Crippen LogP contribution >= 0.6 is 0 Å². The Balaban J connectivity index is 2.00. The van der Waals surface area contributed by atoms with Gasteiger partial charge in [0.25, 0.3) is 0 Å². The Morgan fingerprint density at radius 1 is 1.47 bits per heavy atom. The summed E-state index contributed by atoms with van der Waals surface area (Å²) in [5.74, 6) is 0.616. The largest absolute Gasteiger partial charge is 0.450 e. The summed E-state index contributed by atoms with van der Waals surface area (Å²) in [6.45, 7) is 5.51. The predicted molar refractivity (Wildman–Crippen MR) is 59.9 cm³/mol. The molecule has 0 unspecified atom stereocenters. The molecule has 1 aliphatic rings. The van der Waals surface area contributed by atoms with Crippen LogP contribution in [0.4, 0.5) is 4.79 Å². The molecule has 0 atom stereocenters. The Kier molecular flexibility index (Phi) is 6.16. The summed E-state index contributed by atoms with van der Waals surface area (Å²) >= 11 is 0. The van der Waals surface area contributed by atoms with Gasteiger partial charge in [-0.3, -0.25) is 0 Å². The number of amides is 1. The standard InChI is InChI=1S/C11H22N2O2/c1-2-3-8-15-11(14)13-9-10-4-6-12-7-5-10/h10,12H,2-9H2,1H3,(H,13,14). The van der Waals surface area contributed by atoms with Crippen molar-refractivity contribution < 1.29 is 9.53 Å². The van der Waals surface area contributed by atoms with Gasteiger partial charge in [0.1, 0.15) is 0 Å². The van der Waals surface area contributed by atoms with Crippen molar-refractivity contribution in [3.05, 3.63) is 0 Å². The van der Waals surface area contributed by atoms with E-state index in [4.69, 9.17) is 4.74 Å². The van der Waals surface area contributed by atoms with Crippen LogP contribution in [0.1, 0.15) is 32.6 Å². The van der Waals surface area contributed by atoms with Gasteiger partial charge in [0.05, 0.1) is 6.61 Å². The minimum atomic E-state index is -0.262. The van der Waals surface area contributed by atoms with Crippen LogP contribution in [0.5, 0.6) is 0 Å². The van der Waals surface area contributed by atoms with Gasteiger partial charge in [0.2, 0.25) is 0 Å².